The van der Waals surface area contributed by atoms with Gasteiger partial charge in [-0.3, -0.25) is 4.79 Å². The molecule has 2 aromatic rings. The highest BCUT2D eigenvalue weighted by molar-refractivity contribution is 6.00. The molecule has 0 radical (unpaired) electrons. The lowest BCUT2D eigenvalue weighted by Gasteiger charge is -2.34. The van der Waals surface area contributed by atoms with Crippen LogP contribution in [0.1, 0.15) is 42.7 Å². The molecular weight excluding hydrogens is 368 g/mol. The molecule has 0 aliphatic carbocycles. The van der Waals surface area contributed by atoms with E-state index in [9.17, 15) is 4.79 Å². The lowest BCUT2D eigenvalue weighted by Crippen LogP contribution is -2.42. The largest absolute Gasteiger partial charge is 0.371 e. The van der Waals surface area contributed by atoms with Crippen LogP contribution in [0.5, 0.6) is 0 Å². The highest BCUT2D eigenvalue weighted by Gasteiger charge is 2.23. The monoisotopic (exact) mass is 394 g/mol. The molecule has 0 spiro atoms. The fourth-order valence-corrected chi connectivity index (χ4v) is 3.29. The molecule has 29 heavy (non-hydrogen) atoms. The Bertz CT molecular complexity index is 884. The maximum atomic E-state index is 12.7. The van der Waals surface area contributed by atoms with Gasteiger partial charge in [0.15, 0.2) is 5.69 Å². The van der Waals surface area contributed by atoms with E-state index in [1.807, 2.05) is 33.0 Å². The Labute approximate surface area is 170 Å². The minimum absolute atomic E-state index is 0.0336. The van der Waals surface area contributed by atoms with Crippen LogP contribution >= 0.6 is 0 Å². The number of anilines is 3. The lowest BCUT2D eigenvalue weighted by molar-refractivity contribution is 0.0943. The molecule has 9 nitrogen and oxygen atoms in total. The van der Waals surface area contributed by atoms with E-state index >= 15 is 0 Å². The molecular formula is C20H26N8O. The second-order valence-corrected chi connectivity index (χ2v) is 7.33. The molecule has 3 rings (SSSR count). The van der Waals surface area contributed by atoms with E-state index in [4.69, 9.17) is 5.26 Å². The minimum atomic E-state index is -0.145. The van der Waals surface area contributed by atoms with Crippen molar-refractivity contribution in [1.82, 2.24) is 25.6 Å². The zero-order valence-electron chi connectivity index (χ0n) is 16.9. The van der Waals surface area contributed by atoms with Crippen LogP contribution in [0.3, 0.4) is 0 Å². The number of piperidine rings is 1. The summed E-state index contributed by atoms with van der Waals surface area (Å²) in [5.74, 6) is 0.889. The van der Waals surface area contributed by atoms with Gasteiger partial charge in [0.2, 0.25) is 0 Å². The molecule has 0 atom stereocenters. The summed E-state index contributed by atoms with van der Waals surface area (Å²) in [6.45, 7) is 5.78. The van der Waals surface area contributed by atoms with Gasteiger partial charge in [0, 0.05) is 31.4 Å². The molecule has 2 aromatic heterocycles. The van der Waals surface area contributed by atoms with Crippen LogP contribution in [0.2, 0.25) is 0 Å². The second kappa shape index (κ2) is 9.30. The Morgan fingerprint density at radius 3 is 2.55 bits per heavy atom. The first kappa shape index (κ1) is 20.5. The summed E-state index contributed by atoms with van der Waals surface area (Å²) in [5.41, 5.74) is 1.60. The molecule has 0 unspecified atom stereocenters. The fourth-order valence-electron chi connectivity index (χ4n) is 3.29. The molecule has 1 aliphatic rings. The number of aromatic nitrogens is 3. The summed E-state index contributed by atoms with van der Waals surface area (Å²) in [6, 6.07) is 4.17. The molecule has 0 bridgehead atoms. The average Bonchev–Trinajstić information content (AvgIpc) is 2.74. The topological polar surface area (TPSA) is 119 Å². The first-order valence-corrected chi connectivity index (χ1v) is 9.71. The molecule has 152 valence electrons. The molecule has 1 aliphatic heterocycles. The average molecular weight is 394 g/mol. The van der Waals surface area contributed by atoms with E-state index < -0.39 is 0 Å². The number of amides is 1. The fraction of sp³-hybridized carbons (Fsp3) is 0.450. The third kappa shape index (κ3) is 5.18. The quantitative estimate of drug-likeness (QED) is 0.679. The third-order valence-electron chi connectivity index (χ3n) is 4.81. The molecule has 3 N–H and O–H groups in total. The van der Waals surface area contributed by atoms with Gasteiger partial charge in [0.25, 0.3) is 5.91 Å². The zero-order chi connectivity index (χ0) is 20.8. The van der Waals surface area contributed by atoms with Gasteiger partial charge in [0.1, 0.15) is 17.7 Å². The summed E-state index contributed by atoms with van der Waals surface area (Å²) in [6.07, 6.45) is 6.48. The number of nitrogens with zero attached hydrogens (tertiary/aromatic N) is 5. The van der Waals surface area contributed by atoms with Crippen LogP contribution in [0, 0.1) is 11.3 Å². The number of carbonyl (C=O) groups is 1. The van der Waals surface area contributed by atoms with Crippen molar-refractivity contribution >= 4 is 23.2 Å². The Kier molecular flexibility index (Phi) is 6.57. The van der Waals surface area contributed by atoms with Crippen LogP contribution in [-0.4, -0.2) is 53.1 Å². The number of hydrogen-bond donors (Lipinski definition) is 3. The second-order valence-electron chi connectivity index (χ2n) is 7.33. The molecule has 0 saturated carbocycles. The third-order valence-corrected chi connectivity index (χ3v) is 4.81. The van der Waals surface area contributed by atoms with Crippen molar-refractivity contribution in [3.8, 4) is 6.07 Å². The molecule has 1 fully saturated rings. The summed E-state index contributed by atoms with van der Waals surface area (Å²) in [5, 5.41) is 18.3. The van der Waals surface area contributed by atoms with E-state index in [0.717, 1.165) is 31.6 Å². The van der Waals surface area contributed by atoms with E-state index in [2.05, 4.69) is 35.8 Å². The van der Waals surface area contributed by atoms with Gasteiger partial charge >= 0.3 is 0 Å². The molecule has 0 aromatic carbocycles. The number of pyridine rings is 1. The summed E-state index contributed by atoms with van der Waals surface area (Å²) >= 11 is 0. The minimum Gasteiger partial charge on any atom is -0.371 e. The van der Waals surface area contributed by atoms with E-state index in [0.29, 0.717) is 23.2 Å². The first-order chi connectivity index (χ1) is 14.0. The standard InChI is InChI=1S/C20H26N8O/c1-13(2)26-20(29)16-11-25-18(27-19-12-23-14(9-21)10-24-19)8-17(16)28(3)15-4-6-22-7-5-15/h8,10-13,15,22H,4-7H2,1-3H3,(H,26,29)(H,24,25,27). The van der Waals surface area contributed by atoms with Crippen molar-refractivity contribution in [2.75, 3.05) is 30.4 Å². The van der Waals surface area contributed by atoms with Gasteiger partial charge < -0.3 is 20.9 Å². The maximum absolute atomic E-state index is 12.7. The highest BCUT2D eigenvalue weighted by atomic mass is 16.1. The predicted molar refractivity (Wildman–Crippen MR) is 111 cm³/mol. The summed E-state index contributed by atoms with van der Waals surface area (Å²) in [4.78, 5) is 27.5. The SMILES string of the molecule is CC(C)NC(=O)c1cnc(Nc2cnc(C#N)cn2)cc1N(C)C1CCNCC1. The summed E-state index contributed by atoms with van der Waals surface area (Å²) < 4.78 is 0. The number of carbonyl (C=O) groups excluding carboxylic acids is 1. The Balaban J connectivity index is 1.90. The Morgan fingerprint density at radius 1 is 1.21 bits per heavy atom. The van der Waals surface area contributed by atoms with Gasteiger partial charge in [0.05, 0.1) is 23.6 Å². The number of nitriles is 1. The normalized spacial score (nSPS) is 14.3. The van der Waals surface area contributed by atoms with Crippen LogP contribution < -0.4 is 20.9 Å². The van der Waals surface area contributed by atoms with Crippen molar-refractivity contribution in [2.24, 2.45) is 0 Å². The van der Waals surface area contributed by atoms with Crippen molar-refractivity contribution in [2.45, 2.75) is 38.8 Å². The van der Waals surface area contributed by atoms with E-state index in [-0.39, 0.29) is 17.6 Å². The molecule has 1 saturated heterocycles. The zero-order valence-corrected chi connectivity index (χ0v) is 16.9. The maximum Gasteiger partial charge on any atom is 0.255 e. The van der Waals surface area contributed by atoms with Crippen LogP contribution in [0.4, 0.5) is 17.3 Å². The van der Waals surface area contributed by atoms with Gasteiger partial charge in [-0.05, 0) is 39.8 Å². The van der Waals surface area contributed by atoms with Crippen LogP contribution in [-0.2, 0) is 0 Å². The van der Waals surface area contributed by atoms with E-state index in [1.165, 1.54) is 12.4 Å². The molecule has 3 heterocycles. The van der Waals surface area contributed by atoms with Crippen molar-refractivity contribution in [3.05, 3.63) is 35.9 Å². The number of nitrogens with one attached hydrogen (secondary N) is 3. The van der Waals surface area contributed by atoms with Crippen molar-refractivity contribution < 1.29 is 4.79 Å². The van der Waals surface area contributed by atoms with Crippen LogP contribution in [0.15, 0.2) is 24.7 Å². The first-order valence-electron chi connectivity index (χ1n) is 9.71. The van der Waals surface area contributed by atoms with Gasteiger partial charge in [-0.25, -0.2) is 15.0 Å². The smallest absolute Gasteiger partial charge is 0.255 e. The molecule has 1 amide bonds. The van der Waals surface area contributed by atoms with Crippen molar-refractivity contribution in [3.63, 3.8) is 0 Å². The van der Waals surface area contributed by atoms with Crippen molar-refractivity contribution in [1.29, 1.82) is 5.26 Å². The lowest BCUT2D eigenvalue weighted by atomic mass is 10.0. The van der Waals surface area contributed by atoms with Gasteiger partial charge in [-0.2, -0.15) is 5.26 Å². The Morgan fingerprint density at radius 2 is 1.93 bits per heavy atom. The van der Waals surface area contributed by atoms with Gasteiger partial charge in [-0.1, -0.05) is 0 Å². The van der Waals surface area contributed by atoms with Crippen LogP contribution in [0.25, 0.3) is 0 Å². The Hall–Kier alpha value is -3.25. The number of hydrogen-bond acceptors (Lipinski definition) is 8. The summed E-state index contributed by atoms with van der Waals surface area (Å²) in [7, 11) is 2.02. The van der Waals surface area contributed by atoms with E-state index in [1.54, 1.807) is 6.20 Å². The van der Waals surface area contributed by atoms with Gasteiger partial charge in [-0.15, -0.1) is 0 Å². The highest BCUT2D eigenvalue weighted by Crippen LogP contribution is 2.27. The number of rotatable bonds is 6. The predicted octanol–water partition coefficient (Wildman–Crippen LogP) is 1.81. The molecule has 9 heteroatoms.